The zero-order valence-electron chi connectivity index (χ0n) is 8.68. The summed E-state index contributed by atoms with van der Waals surface area (Å²) < 4.78 is 5.67. The lowest BCUT2D eigenvalue weighted by Crippen LogP contribution is -2.08. The summed E-state index contributed by atoms with van der Waals surface area (Å²) in [7, 11) is 0. The first-order valence-electron chi connectivity index (χ1n) is 4.81. The number of ether oxygens (including phenoxy) is 1. The largest absolute Gasteiger partial charge is 0.438 e. The van der Waals surface area contributed by atoms with Crippen LogP contribution in [0.2, 0.25) is 0 Å². The number of benzene rings is 1. The Morgan fingerprint density at radius 3 is 3.06 bits per heavy atom. The highest BCUT2D eigenvalue weighted by molar-refractivity contribution is 9.10. The quantitative estimate of drug-likeness (QED) is 0.906. The number of aromatic amines is 1. The molecule has 0 radical (unpaired) electrons. The Morgan fingerprint density at radius 1 is 1.47 bits per heavy atom. The van der Waals surface area contributed by atoms with Crippen molar-refractivity contribution in [2.24, 2.45) is 0 Å². The van der Waals surface area contributed by atoms with E-state index < -0.39 is 0 Å². The standard InChI is InChI=1S/C11H9BrN2O3/c12-9-10(16)13-6-14-11(9)17-8-3-1-2-7(4-8)5-15/h1-4,6,15H,5H2,(H,13,14,16). The molecule has 0 atom stereocenters. The minimum atomic E-state index is -0.312. The van der Waals surface area contributed by atoms with E-state index in [1.54, 1.807) is 24.3 Å². The molecule has 2 N–H and O–H groups in total. The Hall–Kier alpha value is -1.66. The van der Waals surface area contributed by atoms with Crippen molar-refractivity contribution >= 4 is 15.9 Å². The van der Waals surface area contributed by atoms with Gasteiger partial charge in [-0.25, -0.2) is 4.98 Å². The molecule has 0 saturated heterocycles. The molecule has 88 valence electrons. The van der Waals surface area contributed by atoms with Crippen LogP contribution in [0.4, 0.5) is 0 Å². The summed E-state index contributed by atoms with van der Waals surface area (Å²) in [5.74, 6) is 0.694. The normalized spacial score (nSPS) is 10.2. The zero-order chi connectivity index (χ0) is 12.3. The van der Waals surface area contributed by atoms with Crippen molar-refractivity contribution in [3.63, 3.8) is 0 Å². The third kappa shape index (κ3) is 2.72. The number of aliphatic hydroxyl groups is 1. The number of aromatic nitrogens is 2. The average molecular weight is 297 g/mol. The van der Waals surface area contributed by atoms with Crippen LogP contribution in [0.5, 0.6) is 11.6 Å². The predicted molar refractivity (Wildman–Crippen MR) is 65.0 cm³/mol. The van der Waals surface area contributed by atoms with Crippen LogP contribution < -0.4 is 10.3 Å². The minimum absolute atomic E-state index is 0.0683. The molecule has 2 aromatic rings. The Labute approximate surface area is 105 Å². The van der Waals surface area contributed by atoms with E-state index in [-0.39, 0.29) is 22.5 Å². The van der Waals surface area contributed by atoms with E-state index in [9.17, 15) is 4.79 Å². The molecule has 0 amide bonds. The minimum Gasteiger partial charge on any atom is -0.438 e. The van der Waals surface area contributed by atoms with Crippen LogP contribution in [0.3, 0.4) is 0 Å². The number of aliphatic hydroxyl groups excluding tert-OH is 1. The van der Waals surface area contributed by atoms with Crippen molar-refractivity contribution in [1.29, 1.82) is 0 Å². The van der Waals surface area contributed by atoms with Gasteiger partial charge in [0, 0.05) is 0 Å². The monoisotopic (exact) mass is 296 g/mol. The molecule has 0 aliphatic heterocycles. The van der Waals surface area contributed by atoms with Crippen LogP contribution in [-0.4, -0.2) is 15.1 Å². The van der Waals surface area contributed by atoms with Gasteiger partial charge in [0.1, 0.15) is 10.2 Å². The van der Waals surface area contributed by atoms with Crippen LogP contribution in [0.15, 0.2) is 39.9 Å². The third-order valence-corrected chi connectivity index (χ3v) is 2.76. The second kappa shape index (κ2) is 5.11. The van der Waals surface area contributed by atoms with E-state index >= 15 is 0 Å². The Bertz CT molecular complexity index is 583. The Balaban J connectivity index is 2.31. The van der Waals surface area contributed by atoms with Gasteiger partial charge in [-0.1, -0.05) is 12.1 Å². The first kappa shape index (κ1) is 11.8. The molecule has 1 aromatic heterocycles. The smallest absolute Gasteiger partial charge is 0.268 e. The summed E-state index contributed by atoms with van der Waals surface area (Å²) in [5, 5.41) is 8.99. The molecule has 5 nitrogen and oxygen atoms in total. The number of nitrogens with zero attached hydrogens (tertiary/aromatic N) is 1. The lowest BCUT2D eigenvalue weighted by atomic mass is 10.2. The van der Waals surface area contributed by atoms with Crippen molar-refractivity contribution in [1.82, 2.24) is 9.97 Å². The zero-order valence-corrected chi connectivity index (χ0v) is 10.3. The summed E-state index contributed by atoms with van der Waals surface area (Å²) in [6, 6.07) is 6.92. The van der Waals surface area contributed by atoms with Crippen molar-refractivity contribution < 1.29 is 9.84 Å². The van der Waals surface area contributed by atoms with Crippen molar-refractivity contribution in [2.75, 3.05) is 0 Å². The first-order valence-corrected chi connectivity index (χ1v) is 5.61. The highest BCUT2D eigenvalue weighted by atomic mass is 79.9. The number of rotatable bonds is 3. The number of hydrogen-bond acceptors (Lipinski definition) is 4. The molecule has 0 unspecified atom stereocenters. The topological polar surface area (TPSA) is 75.2 Å². The highest BCUT2D eigenvalue weighted by Gasteiger charge is 2.07. The van der Waals surface area contributed by atoms with Crippen LogP contribution >= 0.6 is 15.9 Å². The molecule has 0 saturated carbocycles. The summed E-state index contributed by atoms with van der Waals surface area (Å²) in [6.07, 6.45) is 1.26. The van der Waals surface area contributed by atoms with E-state index in [1.807, 2.05) is 0 Å². The molecular formula is C11H9BrN2O3. The van der Waals surface area contributed by atoms with Crippen LogP contribution in [0.25, 0.3) is 0 Å². The molecule has 0 fully saturated rings. The van der Waals surface area contributed by atoms with Gasteiger partial charge in [0.2, 0.25) is 5.88 Å². The SMILES string of the molecule is O=c1[nH]cnc(Oc2cccc(CO)c2)c1Br. The number of halogens is 1. The van der Waals surface area contributed by atoms with Crippen molar-refractivity contribution in [3.05, 3.63) is 51.0 Å². The van der Waals surface area contributed by atoms with Gasteiger partial charge in [-0.05, 0) is 33.6 Å². The van der Waals surface area contributed by atoms with Crippen LogP contribution in [0, 0.1) is 0 Å². The molecule has 1 aromatic carbocycles. The van der Waals surface area contributed by atoms with Gasteiger partial charge in [-0.3, -0.25) is 4.79 Å². The summed E-state index contributed by atoms with van der Waals surface area (Å²) in [4.78, 5) is 17.6. The van der Waals surface area contributed by atoms with Gasteiger partial charge in [-0.15, -0.1) is 0 Å². The van der Waals surface area contributed by atoms with E-state index in [4.69, 9.17) is 9.84 Å². The number of hydrogen-bond donors (Lipinski definition) is 2. The lowest BCUT2D eigenvalue weighted by molar-refractivity contribution is 0.281. The summed E-state index contributed by atoms with van der Waals surface area (Å²) in [6.45, 7) is -0.0683. The average Bonchev–Trinajstić information content (AvgIpc) is 2.35. The van der Waals surface area contributed by atoms with Crippen molar-refractivity contribution in [2.45, 2.75) is 6.61 Å². The lowest BCUT2D eigenvalue weighted by Gasteiger charge is -2.06. The molecule has 0 aliphatic rings. The second-order valence-corrected chi connectivity index (χ2v) is 4.05. The maximum Gasteiger partial charge on any atom is 0.268 e. The van der Waals surface area contributed by atoms with Gasteiger partial charge in [0.15, 0.2) is 0 Å². The molecule has 1 heterocycles. The Kier molecular flexibility index (Phi) is 3.55. The highest BCUT2D eigenvalue weighted by Crippen LogP contribution is 2.24. The fourth-order valence-corrected chi connectivity index (χ4v) is 1.55. The predicted octanol–water partition coefficient (Wildman–Crippen LogP) is 1.82. The maximum atomic E-state index is 11.3. The van der Waals surface area contributed by atoms with Crippen LogP contribution in [0.1, 0.15) is 5.56 Å². The molecule has 2 rings (SSSR count). The molecule has 0 spiro atoms. The van der Waals surface area contributed by atoms with Gasteiger partial charge in [0.05, 0.1) is 12.9 Å². The molecular weight excluding hydrogens is 288 g/mol. The first-order chi connectivity index (χ1) is 8.20. The van der Waals surface area contributed by atoms with E-state index in [0.29, 0.717) is 5.75 Å². The fraction of sp³-hybridized carbons (Fsp3) is 0.0909. The molecule has 6 heteroatoms. The second-order valence-electron chi connectivity index (χ2n) is 3.26. The number of H-pyrrole nitrogens is 1. The summed E-state index contributed by atoms with van der Waals surface area (Å²) in [5.41, 5.74) is 0.414. The van der Waals surface area contributed by atoms with E-state index in [1.165, 1.54) is 6.33 Å². The van der Waals surface area contributed by atoms with Gasteiger partial charge < -0.3 is 14.8 Å². The molecule has 0 aliphatic carbocycles. The molecule has 17 heavy (non-hydrogen) atoms. The van der Waals surface area contributed by atoms with Gasteiger partial charge in [-0.2, -0.15) is 0 Å². The molecule has 0 bridgehead atoms. The Morgan fingerprint density at radius 2 is 2.29 bits per heavy atom. The van der Waals surface area contributed by atoms with E-state index in [2.05, 4.69) is 25.9 Å². The van der Waals surface area contributed by atoms with Gasteiger partial charge >= 0.3 is 0 Å². The fourth-order valence-electron chi connectivity index (χ4n) is 1.26. The summed E-state index contributed by atoms with van der Waals surface area (Å²) >= 11 is 3.09. The third-order valence-electron chi connectivity index (χ3n) is 2.06. The van der Waals surface area contributed by atoms with Gasteiger partial charge in [0.25, 0.3) is 5.56 Å². The van der Waals surface area contributed by atoms with Crippen LogP contribution in [-0.2, 0) is 6.61 Å². The van der Waals surface area contributed by atoms with E-state index in [0.717, 1.165) is 5.56 Å². The number of nitrogens with one attached hydrogen (secondary N) is 1. The maximum absolute atomic E-state index is 11.3. The van der Waals surface area contributed by atoms with Crippen molar-refractivity contribution in [3.8, 4) is 11.6 Å².